The van der Waals surface area contributed by atoms with E-state index >= 15 is 0 Å². The summed E-state index contributed by atoms with van der Waals surface area (Å²) in [6.45, 7) is 0. The molecule has 2 rings (SSSR count). The van der Waals surface area contributed by atoms with Crippen LogP contribution in [0.2, 0.25) is 0 Å². The summed E-state index contributed by atoms with van der Waals surface area (Å²) in [4.78, 5) is 11.7. The van der Waals surface area contributed by atoms with Crippen LogP contribution in [0.15, 0.2) is 36.4 Å². The van der Waals surface area contributed by atoms with Gasteiger partial charge in [0.05, 0.1) is 6.10 Å². The van der Waals surface area contributed by atoms with Crippen molar-refractivity contribution in [3.05, 3.63) is 42.0 Å². The average Bonchev–Trinajstić information content (AvgIpc) is 2.38. The van der Waals surface area contributed by atoms with Crippen LogP contribution in [0, 0.1) is 5.92 Å². The second-order valence-corrected chi connectivity index (χ2v) is 4.58. The van der Waals surface area contributed by atoms with Crippen LogP contribution in [0.5, 0.6) is 0 Å². The Labute approximate surface area is 102 Å². The Kier molecular flexibility index (Phi) is 4.10. The van der Waals surface area contributed by atoms with E-state index in [4.69, 9.17) is 0 Å². The van der Waals surface area contributed by atoms with Crippen molar-refractivity contribution in [2.24, 2.45) is 5.92 Å². The molecule has 1 aliphatic rings. The van der Waals surface area contributed by atoms with Gasteiger partial charge in [0.25, 0.3) is 0 Å². The molecule has 0 bridgehead atoms. The van der Waals surface area contributed by atoms with E-state index in [2.05, 4.69) is 0 Å². The van der Waals surface area contributed by atoms with Gasteiger partial charge in [0, 0.05) is 12.3 Å². The van der Waals surface area contributed by atoms with Crippen LogP contribution < -0.4 is 0 Å². The SMILES string of the molecule is O=C1CCCCC1C(O)/C=C/c1ccccc1. The Morgan fingerprint density at radius 3 is 2.71 bits per heavy atom. The topological polar surface area (TPSA) is 37.3 Å². The molecular formula is C15H18O2. The van der Waals surface area contributed by atoms with Gasteiger partial charge in [-0.15, -0.1) is 0 Å². The van der Waals surface area contributed by atoms with E-state index in [0.29, 0.717) is 6.42 Å². The van der Waals surface area contributed by atoms with Crippen molar-refractivity contribution in [2.75, 3.05) is 0 Å². The van der Waals surface area contributed by atoms with E-state index in [1.54, 1.807) is 6.08 Å². The molecule has 2 nitrogen and oxygen atoms in total. The highest BCUT2D eigenvalue weighted by atomic mass is 16.3. The van der Waals surface area contributed by atoms with Crippen molar-refractivity contribution in [3.63, 3.8) is 0 Å². The molecular weight excluding hydrogens is 212 g/mol. The summed E-state index contributed by atoms with van der Waals surface area (Å²) in [7, 11) is 0. The molecule has 1 aromatic carbocycles. The molecule has 0 aromatic heterocycles. The van der Waals surface area contributed by atoms with Crippen molar-refractivity contribution >= 4 is 11.9 Å². The number of ketones is 1. The molecule has 90 valence electrons. The van der Waals surface area contributed by atoms with Gasteiger partial charge in [-0.05, 0) is 18.4 Å². The van der Waals surface area contributed by atoms with Crippen LogP contribution in [0.3, 0.4) is 0 Å². The molecule has 0 aliphatic heterocycles. The fraction of sp³-hybridized carbons (Fsp3) is 0.400. The van der Waals surface area contributed by atoms with E-state index < -0.39 is 6.10 Å². The third-order valence-electron chi connectivity index (χ3n) is 3.30. The zero-order chi connectivity index (χ0) is 12.1. The minimum absolute atomic E-state index is 0.191. The number of aliphatic hydroxyl groups excluding tert-OH is 1. The summed E-state index contributed by atoms with van der Waals surface area (Å²) < 4.78 is 0. The van der Waals surface area contributed by atoms with Gasteiger partial charge in [0.2, 0.25) is 0 Å². The van der Waals surface area contributed by atoms with Crippen LogP contribution in [-0.2, 0) is 4.79 Å². The fourth-order valence-corrected chi connectivity index (χ4v) is 2.28. The minimum atomic E-state index is -0.636. The van der Waals surface area contributed by atoms with E-state index in [-0.39, 0.29) is 11.7 Å². The minimum Gasteiger partial charge on any atom is -0.388 e. The van der Waals surface area contributed by atoms with Crippen LogP contribution in [0.1, 0.15) is 31.2 Å². The molecule has 0 heterocycles. The lowest BCUT2D eigenvalue weighted by Crippen LogP contribution is -2.29. The van der Waals surface area contributed by atoms with Gasteiger partial charge in [0.15, 0.2) is 0 Å². The van der Waals surface area contributed by atoms with E-state index in [1.807, 2.05) is 36.4 Å². The summed E-state index contributed by atoms with van der Waals surface area (Å²) in [5.41, 5.74) is 1.05. The smallest absolute Gasteiger partial charge is 0.138 e. The molecule has 2 heteroatoms. The predicted molar refractivity (Wildman–Crippen MR) is 68.4 cm³/mol. The Balaban J connectivity index is 1.98. The highest BCUT2D eigenvalue weighted by Gasteiger charge is 2.27. The second kappa shape index (κ2) is 5.78. The highest BCUT2D eigenvalue weighted by molar-refractivity contribution is 5.82. The average molecular weight is 230 g/mol. The third-order valence-corrected chi connectivity index (χ3v) is 3.30. The van der Waals surface area contributed by atoms with Crippen LogP contribution in [0.4, 0.5) is 0 Å². The molecule has 0 amide bonds. The standard InChI is InChI=1S/C15H18O2/c16-14-9-5-4-8-13(14)15(17)11-10-12-6-2-1-3-7-12/h1-3,6-7,10-11,13,15,17H,4-5,8-9H2/b11-10+. The molecule has 0 spiro atoms. The molecule has 0 radical (unpaired) electrons. The third kappa shape index (κ3) is 3.27. The monoisotopic (exact) mass is 230 g/mol. The van der Waals surface area contributed by atoms with E-state index in [9.17, 15) is 9.90 Å². The van der Waals surface area contributed by atoms with Gasteiger partial charge in [-0.2, -0.15) is 0 Å². The lowest BCUT2D eigenvalue weighted by atomic mass is 9.84. The molecule has 2 unspecified atom stereocenters. The van der Waals surface area contributed by atoms with Crippen LogP contribution in [-0.4, -0.2) is 17.0 Å². The lowest BCUT2D eigenvalue weighted by molar-refractivity contribution is -0.127. The van der Waals surface area contributed by atoms with Crippen molar-refractivity contribution in [3.8, 4) is 0 Å². The first-order valence-corrected chi connectivity index (χ1v) is 6.21. The molecule has 0 saturated heterocycles. The molecule has 1 fully saturated rings. The first-order chi connectivity index (χ1) is 8.27. The van der Waals surface area contributed by atoms with Crippen LogP contribution >= 0.6 is 0 Å². The number of rotatable bonds is 3. The Morgan fingerprint density at radius 1 is 1.24 bits per heavy atom. The summed E-state index contributed by atoms with van der Waals surface area (Å²) in [5, 5.41) is 10.00. The highest BCUT2D eigenvalue weighted by Crippen LogP contribution is 2.24. The van der Waals surface area contributed by atoms with Gasteiger partial charge in [0.1, 0.15) is 5.78 Å². The molecule has 2 atom stereocenters. The largest absolute Gasteiger partial charge is 0.388 e. The number of aliphatic hydroxyl groups is 1. The van der Waals surface area contributed by atoms with Gasteiger partial charge in [-0.25, -0.2) is 0 Å². The Hall–Kier alpha value is -1.41. The summed E-state index contributed by atoms with van der Waals surface area (Å²) in [5.74, 6) is 0.0187. The number of carbonyl (C=O) groups excluding carboxylic acids is 1. The van der Waals surface area contributed by atoms with E-state index in [1.165, 1.54) is 0 Å². The maximum atomic E-state index is 11.7. The summed E-state index contributed by atoms with van der Waals surface area (Å²) >= 11 is 0. The number of Topliss-reactive ketones (excluding diaryl/α,β-unsaturated/α-hetero) is 1. The van der Waals surface area contributed by atoms with Crippen LogP contribution in [0.25, 0.3) is 6.08 Å². The Morgan fingerprint density at radius 2 is 2.00 bits per heavy atom. The Bertz CT molecular complexity index is 395. The molecule has 1 N–H and O–H groups in total. The summed E-state index contributed by atoms with van der Waals surface area (Å²) in [6.07, 6.45) is 6.45. The molecule has 1 saturated carbocycles. The molecule has 17 heavy (non-hydrogen) atoms. The molecule has 1 aliphatic carbocycles. The lowest BCUT2D eigenvalue weighted by Gasteiger charge is -2.23. The van der Waals surface area contributed by atoms with Crippen molar-refractivity contribution < 1.29 is 9.90 Å². The zero-order valence-electron chi connectivity index (χ0n) is 9.88. The van der Waals surface area contributed by atoms with Crippen molar-refractivity contribution in [1.82, 2.24) is 0 Å². The van der Waals surface area contributed by atoms with Gasteiger partial charge < -0.3 is 5.11 Å². The van der Waals surface area contributed by atoms with Gasteiger partial charge in [-0.3, -0.25) is 4.79 Å². The normalized spacial score (nSPS) is 22.9. The van der Waals surface area contributed by atoms with Gasteiger partial charge >= 0.3 is 0 Å². The summed E-state index contributed by atoms with van der Waals surface area (Å²) in [6, 6.07) is 9.83. The maximum absolute atomic E-state index is 11.7. The van der Waals surface area contributed by atoms with Crippen molar-refractivity contribution in [2.45, 2.75) is 31.8 Å². The first-order valence-electron chi connectivity index (χ1n) is 6.21. The number of hydrogen-bond acceptors (Lipinski definition) is 2. The predicted octanol–water partition coefficient (Wildman–Crippen LogP) is 2.82. The first kappa shape index (κ1) is 12.1. The molecule has 1 aromatic rings. The zero-order valence-corrected chi connectivity index (χ0v) is 9.88. The number of benzene rings is 1. The van der Waals surface area contributed by atoms with Crippen molar-refractivity contribution in [1.29, 1.82) is 0 Å². The quantitative estimate of drug-likeness (QED) is 0.867. The fourth-order valence-electron chi connectivity index (χ4n) is 2.28. The van der Waals surface area contributed by atoms with Gasteiger partial charge in [-0.1, -0.05) is 48.9 Å². The second-order valence-electron chi connectivity index (χ2n) is 4.58. The number of carbonyl (C=O) groups is 1. The van der Waals surface area contributed by atoms with E-state index in [0.717, 1.165) is 24.8 Å². The number of hydrogen-bond donors (Lipinski definition) is 1. The maximum Gasteiger partial charge on any atom is 0.138 e.